The Kier molecular flexibility index (Phi) is 7.19. The molecular formula is C16H34O3Si. The van der Waals surface area contributed by atoms with E-state index in [0.29, 0.717) is 0 Å². The van der Waals surface area contributed by atoms with E-state index in [1.807, 2.05) is 6.92 Å². The van der Waals surface area contributed by atoms with Gasteiger partial charge in [-0.2, -0.15) is 0 Å². The first kappa shape index (κ1) is 18.1. The maximum absolute atomic E-state index is 6.41. The van der Waals surface area contributed by atoms with Gasteiger partial charge in [-0.15, -0.1) is 0 Å². The van der Waals surface area contributed by atoms with Crippen molar-refractivity contribution in [3.63, 3.8) is 0 Å². The third kappa shape index (κ3) is 5.47. The molecule has 1 rings (SSSR count). The van der Waals surface area contributed by atoms with Crippen molar-refractivity contribution in [2.24, 2.45) is 0 Å². The van der Waals surface area contributed by atoms with Gasteiger partial charge in [0.25, 0.3) is 0 Å². The molecule has 0 aromatic carbocycles. The fraction of sp³-hybridized carbons (Fsp3) is 1.00. The lowest BCUT2D eigenvalue weighted by atomic mass is 9.92. The van der Waals surface area contributed by atoms with E-state index in [4.69, 9.17) is 13.9 Å². The van der Waals surface area contributed by atoms with Gasteiger partial charge in [0.1, 0.15) is 0 Å². The van der Waals surface area contributed by atoms with Crippen molar-refractivity contribution in [2.75, 3.05) is 6.61 Å². The first-order valence-electron chi connectivity index (χ1n) is 8.30. The summed E-state index contributed by atoms with van der Waals surface area (Å²) in [6.45, 7) is 14.0. The summed E-state index contributed by atoms with van der Waals surface area (Å²) in [6, 6.07) is 1.27. The van der Waals surface area contributed by atoms with Crippen LogP contribution in [0.4, 0.5) is 0 Å². The Morgan fingerprint density at radius 3 is 2.60 bits per heavy atom. The van der Waals surface area contributed by atoms with Gasteiger partial charge in [0, 0.05) is 6.61 Å². The highest BCUT2D eigenvalue weighted by Crippen LogP contribution is 2.35. The molecule has 0 radical (unpaired) electrons. The quantitative estimate of drug-likeness (QED) is 0.369. The summed E-state index contributed by atoms with van der Waals surface area (Å²) in [7, 11) is -1.48. The average Bonchev–Trinajstić information content (AvgIpc) is 2.37. The van der Waals surface area contributed by atoms with Crippen molar-refractivity contribution < 1.29 is 13.9 Å². The summed E-state index contributed by atoms with van der Waals surface area (Å²) in [5.74, 6) is 0. The molecule has 1 aliphatic heterocycles. The summed E-state index contributed by atoms with van der Waals surface area (Å²) in [4.78, 5) is 0. The summed E-state index contributed by atoms with van der Waals surface area (Å²) >= 11 is 0. The van der Waals surface area contributed by atoms with Crippen molar-refractivity contribution >= 4 is 8.32 Å². The maximum Gasteiger partial charge on any atom is 0.187 e. The van der Waals surface area contributed by atoms with Gasteiger partial charge in [0.05, 0.1) is 11.7 Å². The maximum atomic E-state index is 6.41. The molecule has 0 aromatic rings. The minimum Gasteiger partial charge on any atom is -0.412 e. The molecule has 1 saturated heterocycles. The molecule has 1 fully saturated rings. The second-order valence-electron chi connectivity index (χ2n) is 6.83. The Balaban J connectivity index is 2.56. The van der Waals surface area contributed by atoms with Crippen molar-refractivity contribution in [1.82, 2.24) is 0 Å². The first-order valence-corrected chi connectivity index (χ1v) is 11.4. The molecule has 20 heavy (non-hydrogen) atoms. The zero-order valence-electron chi connectivity index (χ0n) is 14.3. The molecule has 120 valence electrons. The Morgan fingerprint density at radius 2 is 2.05 bits per heavy atom. The Morgan fingerprint density at radius 1 is 1.35 bits per heavy atom. The predicted molar refractivity (Wildman–Crippen MR) is 86.5 cm³/mol. The van der Waals surface area contributed by atoms with Crippen molar-refractivity contribution in [3.05, 3.63) is 0 Å². The van der Waals surface area contributed by atoms with E-state index in [1.165, 1.54) is 12.5 Å². The minimum atomic E-state index is -1.48. The normalized spacial score (nSPS) is 27.0. The van der Waals surface area contributed by atoms with E-state index >= 15 is 0 Å². The van der Waals surface area contributed by atoms with Crippen LogP contribution in [0.5, 0.6) is 0 Å². The smallest absolute Gasteiger partial charge is 0.187 e. The van der Waals surface area contributed by atoms with E-state index in [1.54, 1.807) is 0 Å². The van der Waals surface area contributed by atoms with Crippen LogP contribution in [0.25, 0.3) is 0 Å². The standard InChI is InChI=1S/C16H34O3Si/c1-7-9-12-17-14(3)18-16(4,8-2)15-11-10-13-20(5,6)19-15/h14-15H,7-13H2,1-6H3. The highest BCUT2D eigenvalue weighted by molar-refractivity contribution is 6.71. The lowest BCUT2D eigenvalue weighted by Gasteiger charge is -2.45. The van der Waals surface area contributed by atoms with E-state index in [0.717, 1.165) is 32.3 Å². The highest BCUT2D eigenvalue weighted by atomic mass is 28.4. The Bertz CT molecular complexity index is 283. The van der Waals surface area contributed by atoms with Crippen LogP contribution in [0.3, 0.4) is 0 Å². The second kappa shape index (κ2) is 7.92. The Labute approximate surface area is 126 Å². The summed E-state index contributed by atoms with van der Waals surface area (Å²) in [5, 5.41) is 0. The number of hydrogen-bond acceptors (Lipinski definition) is 3. The molecule has 0 N–H and O–H groups in total. The van der Waals surface area contributed by atoms with Gasteiger partial charge in [-0.1, -0.05) is 26.7 Å². The SMILES string of the molecule is CCCCOC(C)OC(C)(CC)C1CCC[Si](C)(C)O1. The summed E-state index contributed by atoms with van der Waals surface area (Å²) in [6.07, 6.45) is 5.67. The van der Waals surface area contributed by atoms with E-state index in [2.05, 4.69) is 33.9 Å². The number of rotatable bonds is 8. The Hall–Kier alpha value is 0.0969. The van der Waals surface area contributed by atoms with Crippen LogP contribution in [-0.4, -0.2) is 32.9 Å². The molecular weight excluding hydrogens is 268 g/mol. The molecule has 0 spiro atoms. The van der Waals surface area contributed by atoms with Crippen LogP contribution < -0.4 is 0 Å². The monoisotopic (exact) mass is 302 g/mol. The van der Waals surface area contributed by atoms with Crippen molar-refractivity contribution in [2.45, 2.75) is 96.9 Å². The van der Waals surface area contributed by atoms with E-state index in [9.17, 15) is 0 Å². The van der Waals surface area contributed by atoms with Gasteiger partial charge < -0.3 is 13.9 Å². The van der Waals surface area contributed by atoms with Crippen LogP contribution in [-0.2, 0) is 13.9 Å². The molecule has 0 bridgehead atoms. The molecule has 3 unspecified atom stereocenters. The van der Waals surface area contributed by atoms with Crippen molar-refractivity contribution in [1.29, 1.82) is 0 Å². The first-order chi connectivity index (χ1) is 9.33. The van der Waals surface area contributed by atoms with Gasteiger partial charge in [0.2, 0.25) is 0 Å². The molecule has 1 aliphatic rings. The molecule has 0 aromatic heterocycles. The van der Waals surface area contributed by atoms with Gasteiger partial charge in [-0.3, -0.25) is 0 Å². The van der Waals surface area contributed by atoms with Crippen molar-refractivity contribution in [3.8, 4) is 0 Å². The average molecular weight is 303 g/mol. The fourth-order valence-corrected chi connectivity index (χ4v) is 5.15. The van der Waals surface area contributed by atoms with Crippen LogP contribution >= 0.6 is 0 Å². The van der Waals surface area contributed by atoms with Gasteiger partial charge in [0.15, 0.2) is 14.6 Å². The number of ether oxygens (including phenoxy) is 2. The third-order valence-corrected chi connectivity index (χ3v) is 6.86. The molecule has 0 saturated carbocycles. The van der Waals surface area contributed by atoms with Crippen LogP contribution in [0.2, 0.25) is 19.1 Å². The third-order valence-electron chi connectivity index (χ3n) is 4.38. The highest BCUT2D eigenvalue weighted by Gasteiger charge is 2.42. The topological polar surface area (TPSA) is 27.7 Å². The summed E-state index contributed by atoms with van der Waals surface area (Å²) < 4.78 is 18.4. The summed E-state index contributed by atoms with van der Waals surface area (Å²) in [5.41, 5.74) is -0.226. The molecule has 1 heterocycles. The lowest BCUT2D eigenvalue weighted by molar-refractivity contribution is -0.226. The second-order valence-corrected chi connectivity index (χ2v) is 11.1. The van der Waals surface area contributed by atoms with Crippen LogP contribution in [0.15, 0.2) is 0 Å². The zero-order valence-corrected chi connectivity index (χ0v) is 15.3. The molecule has 4 heteroatoms. The van der Waals surface area contributed by atoms with E-state index < -0.39 is 8.32 Å². The largest absolute Gasteiger partial charge is 0.412 e. The lowest BCUT2D eigenvalue weighted by Crippen LogP contribution is -2.52. The number of unbranched alkanes of at least 4 members (excludes halogenated alkanes) is 1. The zero-order chi connectivity index (χ0) is 15.2. The number of hydrogen-bond donors (Lipinski definition) is 0. The van der Waals surface area contributed by atoms with Gasteiger partial charge >= 0.3 is 0 Å². The molecule has 3 nitrogen and oxygen atoms in total. The molecule has 0 amide bonds. The van der Waals surface area contributed by atoms with Crippen LogP contribution in [0, 0.1) is 0 Å². The van der Waals surface area contributed by atoms with E-state index in [-0.39, 0.29) is 18.0 Å². The fourth-order valence-electron chi connectivity index (χ4n) is 2.84. The van der Waals surface area contributed by atoms with Gasteiger partial charge in [-0.25, -0.2) is 0 Å². The van der Waals surface area contributed by atoms with Crippen LogP contribution in [0.1, 0.15) is 59.8 Å². The molecule has 3 atom stereocenters. The van der Waals surface area contributed by atoms with Gasteiger partial charge in [-0.05, 0) is 52.2 Å². The predicted octanol–water partition coefficient (Wildman–Crippen LogP) is 4.72. The molecule has 0 aliphatic carbocycles. The minimum absolute atomic E-state index is 0.151.